The van der Waals surface area contributed by atoms with E-state index in [2.05, 4.69) is 10.4 Å². The van der Waals surface area contributed by atoms with Crippen LogP contribution in [-0.4, -0.2) is 39.6 Å². The molecule has 1 aromatic rings. The first kappa shape index (κ1) is 16.3. The largest absolute Gasteiger partial charge is 0.435 e. The van der Waals surface area contributed by atoms with Crippen LogP contribution in [0.15, 0.2) is 6.20 Å². The van der Waals surface area contributed by atoms with Crippen molar-refractivity contribution in [3.8, 4) is 0 Å². The monoisotopic (exact) mass is 318 g/mol. The Bertz CT molecular complexity index is 582. The van der Waals surface area contributed by atoms with Crippen molar-refractivity contribution in [2.45, 2.75) is 33.0 Å². The number of urea groups is 1. The van der Waals surface area contributed by atoms with Crippen molar-refractivity contribution < 1.29 is 22.8 Å². The summed E-state index contributed by atoms with van der Waals surface area (Å²) in [7, 11) is 0. The van der Waals surface area contributed by atoms with Crippen LogP contribution in [0.5, 0.6) is 0 Å². The highest BCUT2D eigenvalue weighted by Gasteiger charge is 2.39. The number of hydrogen-bond acceptors (Lipinski definition) is 3. The first-order valence-electron chi connectivity index (χ1n) is 6.95. The van der Waals surface area contributed by atoms with Gasteiger partial charge in [-0.3, -0.25) is 9.48 Å². The molecule has 22 heavy (non-hydrogen) atoms. The third-order valence-electron chi connectivity index (χ3n) is 3.61. The number of ketones is 1. The highest BCUT2D eigenvalue weighted by molar-refractivity contribution is 5.92. The SMILES string of the molecule is CCn1ncc(NC(=O)N2CCC(=O)C(C)C2)c1C(F)(F)F. The average Bonchev–Trinajstić information content (AvgIpc) is 2.84. The number of halogens is 3. The summed E-state index contributed by atoms with van der Waals surface area (Å²) in [6.45, 7) is 3.68. The lowest BCUT2D eigenvalue weighted by Crippen LogP contribution is -2.45. The Balaban J connectivity index is 2.16. The Morgan fingerprint density at radius 3 is 2.73 bits per heavy atom. The van der Waals surface area contributed by atoms with Crippen molar-refractivity contribution in [2.24, 2.45) is 5.92 Å². The van der Waals surface area contributed by atoms with Gasteiger partial charge < -0.3 is 10.2 Å². The molecule has 0 saturated carbocycles. The number of nitrogens with one attached hydrogen (secondary N) is 1. The number of aryl methyl sites for hydroxylation is 1. The fraction of sp³-hybridized carbons (Fsp3) is 0.615. The van der Waals surface area contributed by atoms with Crippen molar-refractivity contribution in [1.29, 1.82) is 0 Å². The van der Waals surface area contributed by atoms with Gasteiger partial charge in [0, 0.05) is 32.0 Å². The highest BCUT2D eigenvalue weighted by atomic mass is 19.4. The van der Waals surface area contributed by atoms with Crippen LogP contribution in [0.1, 0.15) is 26.0 Å². The molecule has 1 aliphatic heterocycles. The number of piperidine rings is 1. The fourth-order valence-corrected chi connectivity index (χ4v) is 2.41. The molecule has 1 unspecified atom stereocenters. The molecule has 0 spiro atoms. The van der Waals surface area contributed by atoms with Crippen LogP contribution in [0.25, 0.3) is 0 Å². The number of Topliss-reactive ketones (excluding diaryl/α,β-unsaturated/α-hetero) is 1. The third kappa shape index (κ3) is 3.23. The molecular weight excluding hydrogens is 301 g/mol. The summed E-state index contributed by atoms with van der Waals surface area (Å²) < 4.78 is 40.0. The van der Waals surface area contributed by atoms with E-state index in [1.807, 2.05) is 0 Å². The van der Waals surface area contributed by atoms with Gasteiger partial charge in [0.2, 0.25) is 0 Å². The van der Waals surface area contributed by atoms with Crippen molar-refractivity contribution in [3.63, 3.8) is 0 Å². The van der Waals surface area contributed by atoms with Crippen molar-refractivity contribution in [2.75, 3.05) is 18.4 Å². The summed E-state index contributed by atoms with van der Waals surface area (Å²) in [5, 5.41) is 5.88. The van der Waals surface area contributed by atoms with Crippen LogP contribution in [0, 0.1) is 5.92 Å². The Morgan fingerprint density at radius 1 is 1.50 bits per heavy atom. The van der Waals surface area contributed by atoms with E-state index >= 15 is 0 Å². The molecular formula is C13H17F3N4O2. The number of amides is 2. The zero-order chi connectivity index (χ0) is 16.5. The quantitative estimate of drug-likeness (QED) is 0.910. The molecule has 9 heteroatoms. The summed E-state index contributed by atoms with van der Waals surface area (Å²) in [4.78, 5) is 24.9. The lowest BCUT2D eigenvalue weighted by Gasteiger charge is -2.30. The maximum atomic E-state index is 13.1. The number of anilines is 1. The second kappa shape index (κ2) is 5.98. The molecule has 1 fully saturated rings. The van der Waals surface area contributed by atoms with E-state index in [9.17, 15) is 22.8 Å². The Hall–Kier alpha value is -2.06. The Labute approximate surface area is 125 Å². The molecule has 2 amide bonds. The maximum Gasteiger partial charge on any atom is 0.435 e. The number of rotatable bonds is 2. The van der Waals surface area contributed by atoms with Crippen LogP contribution in [0.3, 0.4) is 0 Å². The van der Waals surface area contributed by atoms with Crippen LogP contribution >= 0.6 is 0 Å². The molecule has 0 aromatic carbocycles. The summed E-state index contributed by atoms with van der Waals surface area (Å²) in [5.74, 6) is -0.251. The van der Waals surface area contributed by atoms with E-state index in [1.165, 1.54) is 11.8 Å². The molecule has 0 bridgehead atoms. The van der Waals surface area contributed by atoms with Gasteiger partial charge in [0.15, 0.2) is 5.69 Å². The van der Waals surface area contributed by atoms with Crippen LogP contribution in [0.4, 0.5) is 23.7 Å². The molecule has 0 aliphatic carbocycles. The summed E-state index contributed by atoms with van der Waals surface area (Å²) >= 11 is 0. The number of nitrogens with zero attached hydrogens (tertiary/aromatic N) is 3. The minimum absolute atomic E-state index is 0.0416. The van der Waals surface area contributed by atoms with E-state index in [0.29, 0.717) is 0 Å². The van der Waals surface area contributed by atoms with Crippen molar-refractivity contribution >= 4 is 17.5 Å². The number of alkyl halides is 3. The average molecular weight is 318 g/mol. The first-order valence-corrected chi connectivity index (χ1v) is 6.95. The summed E-state index contributed by atoms with van der Waals surface area (Å²) in [5.41, 5.74) is -1.35. The minimum Gasteiger partial charge on any atom is -0.323 e. The number of likely N-dealkylation sites (tertiary alicyclic amines) is 1. The molecule has 0 radical (unpaired) electrons. The van der Waals surface area contributed by atoms with E-state index in [0.717, 1.165) is 10.9 Å². The van der Waals surface area contributed by atoms with Gasteiger partial charge in [-0.2, -0.15) is 18.3 Å². The first-order chi connectivity index (χ1) is 10.2. The van der Waals surface area contributed by atoms with Gasteiger partial charge in [-0.05, 0) is 6.92 Å². The zero-order valence-electron chi connectivity index (χ0n) is 12.3. The van der Waals surface area contributed by atoms with Gasteiger partial charge in [-0.1, -0.05) is 6.92 Å². The van der Waals surface area contributed by atoms with E-state index in [4.69, 9.17) is 0 Å². The van der Waals surface area contributed by atoms with Crippen molar-refractivity contribution in [1.82, 2.24) is 14.7 Å². The highest BCUT2D eigenvalue weighted by Crippen LogP contribution is 2.35. The van der Waals surface area contributed by atoms with Crippen molar-refractivity contribution in [3.05, 3.63) is 11.9 Å². The standard InChI is InChI=1S/C13H17F3N4O2/c1-3-20-11(13(14,15)16)9(6-17-20)18-12(22)19-5-4-10(21)8(2)7-19/h6,8H,3-5,7H2,1-2H3,(H,18,22). The van der Waals surface area contributed by atoms with Crippen LogP contribution < -0.4 is 5.32 Å². The molecule has 1 aromatic heterocycles. The summed E-state index contributed by atoms with van der Waals surface area (Å²) in [6.07, 6.45) is -3.40. The topological polar surface area (TPSA) is 67.2 Å². The molecule has 1 aliphatic rings. The molecule has 122 valence electrons. The maximum absolute atomic E-state index is 13.1. The molecule has 1 saturated heterocycles. The lowest BCUT2D eigenvalue weighted by atomic mass is 9.99. The van der Waals surface area contributed by atoms with Crippen LogP contribution in [-0.2, 0) is 17.5 Å². The fourth-order valence-electron chi connectivity index (χ4n) is 2.41. The van der Waals surface area contributed by atoms with Gasteiger partial charge in [-0.25, -0.2) is 4.79 Å². The van der Waals surface area contributed by atoms with E-state index in [1.54, 1.807) is 6.92 Å². The van der Waals surface area contributed by atoms with E-state index < -0.39 is 17.9 Å². The minimum atomic E-state index is -4.61. The Morgan fingerprint density at radius 2 is 2.18 bits per heavy atom. The smallest absolute Gasteiger partial charge is 0.323 e. The van der Waals surface area contributed by atoms with Gasteiger partial charge >= 0.3 is 12.2 Å². The lowest BCUT2D eigenvalue weighted by molar-refractivity contribution is -0.143. The second-order valence-electron chi connectivity index (χ2n) is 5.21. The number of carbonyl (C=O) groups is 2. The third-order valence-corrected chi connectivity index (χ3v) is 3.61. The Kier molecular flexibility index (Phi) is 4.43. The molecule has 6 nitrogen and oxygen atoms in total. The molecule has 2 heterocycles. The predicted octanol–water partition coefficient (Wildman–Crippen LogP) is 2.36. The van der Waals surface area contributed by atoms with Gasteiger partial charge in [0.1, 0.15) is 5.78 Å². The number of carbonyl (C=O) groups excluding carboxylic acids is 2. The van der Waals surface area contributed by atoms with Gasteiger partial charge in [0.25, 0.3) is 0 Å². The van der Waals surface area contributed by atoms with Gasteiger partial charge in [-0.15, -0.1) is 0 Å². The van der Waals surface area contributed by atoms with Crippen LogP contribution in [0.2, 0.25) is 0 Å². The molecule has 1 atom stereocenters. The van der Waals surface area contributed by atoms with E-state index in [-0.39, 0.29) is 43.4 Å². The van der Waals surface area contributed by atoms with Gasteiger partial charge in [0.05, 0.1) is 11.9 Å². The number of aromatic nitrogens is 2. The zero-order valence-corrected chi connectivity index (χ0v) is 12.3. The number of hydrogen-bond donors (Lipinski definition) is 1. The summed E-state index contributed by atoms with van der Waals surface area (Å²) in [6, 6.07) is -0.652. The molecule has 2 rings (SSSR count). The predicted molar refractivity (Wildman–Crippen MR) is 72.3 cm³/mol. The second-order valence-corrected chi connectivity index (χ2v) is 5.21. The molecule has 1 N–H and O–H groups in total. The normalized spacial score (nSPS) is 19.4.